The summed E-state index contributed by atoms with van der Waals surface area (Å²) in [6.07, 6.45) is 2.52. The number of hydrogen-bond acceptors (Lipinski definition) is 1. The first kappa shape index (κ1) is 15.2. The van der Waals surface area contributed by atoms with Crippen molar-refractivity contribution >= 4 is 0 Å². The van der Waals surface area contributed by atoms with Crippen molar-refractivity contribution in [3.63, 3.8) is 0 Å². The van der Waals surface area contributed by atoms with Crippen LogP contribution >= 0.6 is 0 Å². The molecule has 0 bridgehead atoms. The van der Waals surface area contributed by atoms with Gasteiger partial charge < -0.3 is 5.32 Å². The maximum absolute atomic E-state index is 3.61. The largest absolute Gasteiger partial charge is 0.314 e. The molecule has 0 spiro atoms. The molecule has 0 radical (unpaired) electrons. The summed E-state index contributed by atoms with van der Waals surface area (Å²) in [6, 6.07) is 9.65. The van der Waals surface area contributed by atoms with E-state index in [0.717, 1.165) is 12.5 Å². The van der Waals surface area contributed by atoms with Crippen molar-refractivity contribution in [2.45, 2.75) is 59.4 Å². The van der Waals surface area contributed by atoms with Crippen molar-refractivity contribution in [2.75, 3.05) is 6.54 Å². The van der Waals surface area contributed by atoms with E-state index in [9.17, 15) is 0 Å². The lowest BCUT2D eigenvalue weighted by Crippen LogP contribution is -2.31. The average molecular weight is 247 g/mol. The van der Waals surface area contributed by atoms with Crippen LogP contribution < -0.4 is 5.32 Å². The molecule has 0 amide bonds. The maximum Gasteiger partial charge on any atom is 0.00251 e. The minimum absolute atomic E-state index is 0.562. The number of benzene rings is 1. The molecule has 0 fully saturated rings. The van der Waals surface area contributed by atoms with E-state index in [2.05, 4.69) is 64.2 Å². The molecule has 1 nitrogen and oxygen atoms in total. The van der Waals surface area contributed by atoms with Crippen LogP contribution in [0.15, 0.2) is 24.3 Å². The number of hydrogen-bond donors (Lipinski definition) is 1. The number of rotatable bonds is 7. The Balaban J connectivity index is 2.84. The summed E-state index contributed by atoms with van der Waals surface area (Å²) in [4.78, 5) is 0. The molecule has 18 heavy (non-hydrogen) atoms. The standard InChI is InChI=1S/C17H29N/c1-6-15(7-2)17(12-18-13(3)4)16-10-8-14(5)9-11-16/h8-11,13,15,17-18H,6-7,12H2,1-5H3. The molecule has 1 aromatic rings. The second-order valence-corrected chi connectivity index (χ2v) is 5.66. The van der Waals surface area contributed by atoms with E-state index in [0.29, 0.717) is 12.0 Å². The molecule has 0 aliphatic heterocycles. The molecule has 0 aliphatic rings. The van der Waals surface area contributed by atoms with Crippen LogP contribution in [0.3, 0.4) is 0 Å². The molecule has 1 aromatic carbocycles. The van der Waals surface area contributed by atoms with E-state index in [1.165, 1.54) is 24.0 Å². The summed E-state index contributed by atoms with van der Waals surface area (Å²) >= 11 is 0. The molecular weight excluding hydrogens is 218 g/mol. The second kappa shape index (κ2) is 7.58. The van der Waals surface area contributed by atoms with Gasteiger partial charge in [-0.25, -0.2) is 0 Å². The van der Waals surface area contributed by atoms with Crippen LogP contribution in [-0.2, 0) is 0 Å². The third-order valence-electron chi connectivity index (χ3n) is 3.87. The van der Waals surface area contributed by atoms with E-state index in [-0.39, 0.29) is 0 Å². The van der Waals surface area contributed by atoms with Gasteiger partial charge in [-0.2, -0.15) is 0 Å². The third-order valence-corrected chi connectivity index (χ3v) is 3.87. The highest BCUT2D eigenvalue weighted by Gasteiger charge is 2.20. The Morgan fingerprint density at radius 1 is 1.00 bits per heavy atom. The monoisotopic (exact) mass is 247 g/mol. The summed E-state index contributed by atoms with van der Waals surface area (Å²) in [7, 11) is 0. The Labute approximate surface area is 113 Å². The fourth-order valence-electron chi connectivity index (χ4n) is 2.59. The summed E-state index contributed by atoms with van der Waals surface area (Å²) in [5.41, 5.74) is 2.83. The zero-order valence-corrected chi connectivity index (χ0v) is 12.7. The van der Waals surface area contributed by atoms with Gasteiger partial charge in [-0.05, 0) is 24.3 Å². The zero-order chi connectivity index (χ0) is 13.5. The zero-order valence-electron chi connectivity index (χ0n) is 12.7. The quantitative estimate of drug-likeness (QED) is 0.747. The minimum atomic E-state index is 0.562. The van der Waals surface area contributed by atoms with Gasteiger partial charge >= 0.3 is 0 Å². The van der Waals surface area contributed by atoms with Gasteiger partial charge in [0, 0.05) is 12.6 Å². The van der Waals surface area contributed by atoms with Crippen LogP contribution in [0.4, 0.5) is 0 Å². The van der Waals surface area contributed by atoms with Crippen LogP contribution in [0.2, 0.25) is 0 Å². The van der Waals surface area contributed by atoms with Gasteiger partial charge in [-0.15, -0.1) is 0 Å². The van der Waals surface area contributed by atoms with E-state index in [4.69, 9.17) is 0 Å². The van der Waals surface area contributed by atoms with Gasteiger partial charge in [0.05, 0.1) is 0 Å². The van der Waals surface area contributed by atoms with E-state index in [1.54, 1.807) is 0 Å². The molecule has 1 atom stereocenters. The molecule has 1 N–H and O–H groups in total. The Morgan fingerprint density at radius 2 is 1.56 bits per heavy atom. The van der Waals surface area contributed by atoms with Gasteiger partial charge in [0.2, 0.25) is 0 Å². The van der Waals surface area contributed by atoms with Crippen molar-refractivity contribution in [1.82, 2.24) is 5.32 Å². The second-order valence-electron chi connectivity index (χ2n) is 5.66. The lowest BCUT2D eigenvalue weighted by Gasteiger charge is -2.27. The van der Waals surface area contributed by atoms with Gasteiger partial charge in [0.15, 0.2) is 0 Å². The Morgan fingerprint density at radius 3 is 2.00 bits per heavy atom. The molecule has 0 heterocycles. The van der Waals surface area contributed by atoms with Crippen molar-refractivity contribution in [3.8, 4) is 0 Å². The van der Waals surface area contributed by atoms with E-state index in [1.807, 2.05) is 0 Å². The molecule has 1 rings (SSSR count). The van der Waals surface area contributed by atoms with Crippen molar-refractivity contribution < 1.29 is 0 Å². The van der Waals surface area contributed by atoms with Crippen LogP contribution in [0.1, 0.15) is 57.6 Å². The van der Waals surface area contributed by atoms with Crippen LogP contribution in [0, 0.1) is 12.8 Å². The molecule has 0 aliphatic carbocycles. The predicted octanol–water partition coefficient (Wildman–Crippen LogP) is 4.51. The van der Waals surface area contributed by atoms with Gasteiger partial charge in [-0.3, -0.25) is 0 Å². The van der Waals surface area contributed by atoms with Gasteiger partial charge in [0.25, 0.3) is 0 Å². The van der Waals surface area contributed by atoms with E-state index >= 15 is 0 Å². The predicted molar refractivity (Wildman–Crippen MR) is 81.1 cm³/mol. The molecule has 102 valence electrons. The van der Waals surface area contributed by atoms with Gasteiger partial charge in [0.1, 0.15) is 0 Å². The highest BCUT2D eigenvalue weighted by atomic mass is 14.9. The summed E-state index contributed by atoms with van der Waals surface area (Å²) < 4.78 is 0. The van der Waals surface area contributed by atoms with Crippen LogP contribution in [0.5, 0.6) is 0 Å². The number of nitrogens with one attached hydrogen (secondary N) is 1. The SMILES string of the molecule is CCC(CC)C(CNC(C)C)c1ccc(C)cc1. The topological polar surface area (TPSA) is 12.0 Å². The molecule has 1 unspecified atom stereocenters. The smallest absolute Gasteiger partial charge is 0.00251 e. The molecule has 1 heteroatoms. The summed E-state index contributed by atoms with van der Waals surface area (Å²) in [6.45, 7) is 12.3. The molecule has 0 saturated carbocycles. The highest BCUT2D eigenvalue weighted by molar-refractivity contribution is 5.25. The fourth-order valence-corrected chi connectivity index (χ4v) is 2.59. The first-order chi connectivity index (χ1) is 8.58. The normalized spacial score (nSPS) is 13.3. The Hall–Kier alpha value is -0.820. The molecular formula is C17H29N. The van der Waals surface area contributed by atoms with E-state index < -0.39 is 0 Å². The Kier molecular flexibility index (Phi) is 6.42. The maximum atomic E-state index is 3.61. The molecule has 0 saturated heterocycles. The first-order valence-corrected chi connectivity index (χ1v) is 7.38. The summed E-state index contributed by atoms with van der Waals surface area (Å²) in [5.74, 6) is 1.42. The van der Waals surface area contributed by atoms with Crippen LogP contribution in [-0.4, -0.2) is 12.6 Å². The highest BCUT2D eigenvalue weighted by Crippen LogP contribution is 2.29. The average Bonchev–Trinajstić information content (AvgIpc) is 2.35. The first-order valence-electron chi connectivity index (χ1n) is 7.38. The van der Waals surface area contributed by atoms with Crippen LogP contribution in [0.25, 0.3) is 0 Å². The van der Waals surface area contributed by atoms with Crippen molar-refractivity contribution in [3.05, 3.63) is 35.4 Å². The van der Waals surface area contributed by atoms with Crippen molar-refractivity contribution in [1.29, 1.82) is 0 Å². The minimum Gasteiger partial charge on any atom is -0.314 e. The number of aryl methyl sites for hydroxylation is 1. The lowest BCUT2D eigenvalue weighted by atomic mass is 9.82. The molecule has 0 aromatic heterocycles. The Bertz CT molecular complexity index is 322. The lowest BCUT2D eigenvalue weighted by molar-refractivity contribution is 0.370. The summed E-state index contributed by atoms with van der Waals surface area (Å²) in [5, 5.41) is 3.61. The van der Waals surface area contributed by atoms with Crippen molar-refractivity contribution in [2.24, 2.45) is 5.92 Å². The third kappa shape index (κ3) is 4.45. The van der Waals surface area contributed by atoms with Gasteiger partial charge in [-0.1, -0.05) is 70.4 Å². The fraction of sp³-hybridized carbons (Fsp3) is 0.647.